The maximum Gasteiger partial charge on any atom is 0.283 e. The van der Waals surface area contributed by atoms with E-state index in [-0.39, 0.29) is 6.61 Å². The third-order valence-electron chi connectivity index (χ3n) is 3.83. The zero-order valence-corrected chi connectivity index (χ0v) is 15.6. The smallest absolute Gasteiger partial charge is 0.283 e. The van der Waals surface area contributed by atoms with Gasteiger partial charge in [-0.05, 0) is 50.2 Å². The van der Waals surface area contributed by atoms with Crippen molar-refractivity contribution in [1.82, 2.24) is 10.9 Å². The molecule has 1 aliphatic rings. The lowest BCUT2D eigenvalue weighted by Gasteiger charge is -2.27. The lowest BCUT2D eigenvalue weighted by Crippen LogP contribution is -2.56. The molecule has 142 valence electrons. The van der Waals surface area contributed by atoms with Gasteiger partial charge in [0.15, 0.2) is 17.1 Å². The molecule has 0 saturated carbocycles. The molecule has 0 aromatic heterocycles. The second kappa shape index (κ2) is 7.75. The minimum atomic E-state index is -1.22. The number of rotatable bonds is 4. The first kappa shape index (κ1) is 18.8. The molecule has 0 fully saturated rings. The first-order chi connectivity index (χ1) is 12.8. The molecule has 1 aliphatic heterocycles. The Hall–Kier alpha value is -2.93. The molecule has 27 heavy (non-hydrogen) atoms. The van der Waals surface area contributed by atoms with Gasteiger partial charge < -0.3 is 14.2 Å². The second-order valence-corrected chi connectivity index (χ2v) is 6.81. The van der Waals surface area contributed by atoms with Gasteiger partial charge in [-0.2, -0.15) is 0 Å². The maximum atomic E-state index is 12.4. The summed E-state index contributed by atoms with van der Waals surface area (Å²) in [6.07, 6.45) is -0.875. The Bertz CT molecular complexity index is 838. The lowest BCUT2D eigenvalue weighted by atomic mass is 10.1. The van der Waals surface area contributed by atoms with Crippen molar-refractivity contribution in [3.63, 3.8) is 0 Å². The fraction of sp³-hybridized carbons (Fsp3) is 0.263. The lowest BCUT2D eigenvalue weighted by molar-refractivity contribution is -0.140. The minimum absolute atomic E-state index is 0.0450. The monoisotopic (exact) mass is 390 g/mol. The number of fused-ring (bicyclic) bond motifs is 1. The van der Waals surface area contributed by atoms with E-state index in [2.05, 4.69) is 10.9 Å². The van der Waals surface area contributed by atoms with Gasteiger partial charge in [-0.15, -0.1) is 0 Å². The van der Waals surface area contributed by atoms with E-state index in [1.807, 2.05) is 6.07 Å². The fourth-order valence-electron chi connectivity index (χ4n) is 2.34. The van der Waals surface area contributed by atoms with Crippen LogP contribution < -0.4 is 25.1 Å². The van der Waals surface area contributed by atoms with Crippen molar-refractivity contribution in [2.75, 3.05) is 6.61 Å². The van der Waals surface area contributed by atoms with Crippen LogP contribution in [0.3, 0.4) is 0 Å². The van der Waals surface area contributed by atoms with Gasteiger partial charge in [-0.3, -0.25) is 20.4 Å². The van der Waals surface area contributed by atoms with Crippen LogP contribution >= 0.6 is 11.6 Å². The first-order valence-corrected chi connectivity index (χ1v) is 8.66. The second-order valence-electron chi connectivity index (χ2n) is 6.37. The molecule has 2 amide bonds. The van der Waals surface area contributed by atoms with Crippen LogP contribution in [0, 0.1) is 0 Å². The van der Waals surface area contributed by atoms with Crippen molar-refractivity contribution in [3.8, 4) is 17.2 Å². The molecular weight excluding hydrogens is 372 g/mol. The van der Waals surface area contributed by atoms with E-state index < -0.39 is 23.5 Å². The molecule has 0 unspecified atom stereocenters. The van der Waals surface area contributed by atoms with Gasteiger partial charge in [0.1, 0.15) is 12.4 Å². The van der Waals surface area contributed by atoms with E-state index >= 15 is 0 Å². The van der Waals surface area contributed by atoms with Gasteiger partial charge in [0.2, 0.25) is 6.10 Å². The number of para-hydroxylation sites is 2. The van der Waals surface area contributed by atoms with Crippen LogP contribution in [0.4, 0.5) is 0 Å². The van der Waals surface area contributed by atoms with Crippen LogP contribution in [-0.4, -0.2) is 30.1 Å². The van der Waals surface area contributed by atoms with Gasteiger partial charge in [-0.25, -0.2) is 0 Å². The van der Waals surface area contributed by atoms with Crippen LogP contribution in [0.15, 0.2) is 48.5 Å². The highest BCUT2D eigenvalue weighted by Crippen LogP contribution is 2.30. The van der Waals surface area contributed by atoms with Gasteiger partial charge in [0.05, 0.1) is 0 Å². The molecule has 8 heteroatoms. The summed E-state index contributed by atoms with van der Waals surface area (Å²) in [6, 6.07) is 13.7. The number of hydrogen-bond acceptors (Lipinski definition) is 5. The highest BCUT2D eigenvalue weighted by atomic mass is 35.5. The zero-order chi connectivity index (χ0) is 19.4. The normalized spacial score (nSPS) is 15.6. The zero-order valence-electron chi connectivity index (χ0n) is 14.8. The predicted octanol–water partition coefficient (Wildman–Crippen LogP) is 2.48. The third-order valence-corrected chi connectivity index (χ3v) is 4.09. The van der Waals surface area contributed by atoms with Crippen molar-refractivity contribution in [3.05, 3.63) is 53.6 Å². The fourth-order valence-corrected chi connectivity index (χ4v) is 2.47. The molecule has 0 saturated heterocycles. The van der Waals surface area contributed by atoms with Crippen molar-refractivity contribution < 1.29 is 23.8 Å². The Morgan fingerprint density at radius 1 is 1.07 bits per heavy atom. The van der Waals surface area contributed by atoms with Crippen molar-refractivity contribution in [2.45, 2.75) is 25.6 Å². The first-order valence-electron chi connectivity index (χ1n) is 8.28. The highest BCUT2D eigenvalue weighted by Gasteiger charge is 2.32. The van der Waals surface area contributed by atoms with Crippen molar-refractivity contribution >= 4 is 23.4 Å². The Morgan fingerprint density at radius 3 is 2.44 bits per heavy atom. The Labute approximate surface area is 161 Å². The summed E-state index contributed by atoms with van der Waals surface area (Å²) in [4.78, 5) is 24.6. The molecular formula is C19H19ClN2O5. The number of benzene rings is 2. The number of hydrogen-bond donors (Lipinski definition) is 2. The summed E-state index contributed by atoms with van der Waals surface area (Å²) in [6.45, 7) is 3.21. The summed E-state index contributed by atoms with van der Waals surface area (Å²) in [5.41, 5.74) is 3.47. The summed E-state index contributed by atoms with van der Waals surface area (Å²) >= 11 is 5.83. The average Bonchev–Trinajstić information content (AvgIpc) is 2.67. The molecule has 7 nitrogen and oxygen atoms in total. The number of nitrogens with one attached hydrogen (secondary N) is 2. The summed E-state index contributed by atoms with van der Waals surface area (Å²) in [5.74, 6) is 0.472. The molecule has 0 spiro atoms. The Kier molecular flexibility index (Phi) is 5.41. The quantitative estimate of drug-likeness (QED) is 0.783. The van der Waals surface area contributed by atoms with E-state index in [1.54, 1.807) is 56.3 Å². The van der Waals surface area contributed by atoms with Crippen LogP contribution in [0.25, 0.3) is 0 Å². The average molecular weight is 391 g/mol. The molecule has 0 bridgehead atoms. The Balaban J connectivity index is 1.53. The predicted molar refractivity (Wildman–Crippen MR) is 98.8 cm³/mol. The number of hydrazine groups is 1. The molecule has 2 N–H and O–H groups in total. The number of carbonyl (C=O) groups is 2. The summed E-state index contributed by atoms with van der Waals surface area (Å²) < 4.78 is 16.7. The van der Waals surface area contributed by atoms with E-state index in [9.17, 15) is 9.59 Å². The largest absolute Gasteiger partial charge is 0.485 e. The van der Waals surface area contributed by atoms with Crippen molar-refractivity contribution in [1.29, 1.82) is 0 Å². The SMILES string of the molecule is CC(C)(Oc1ccc(Cl)cc1)C(=O)NNC(=O)[C@H]1COc2ccccc2O1. The van der Waals surface area contributed by atoms with Crippen LogP contribution in [0.5, 0.6) is 17.2 Å². The van der Waals surface area contributed by atoms with Crippen LogP contribution in [-0.2, 0) is 9.59 Å². The third kappa shape index (κ3) is 4.62. The van der Waals surface area contributed by atoms with Crippen molar-refractivity contribution in [2.24, 2.45) is 0 Å². The number of amides is 2. The Morgan fingerprint density at radius 2 is 1.74 bits per heavy atom. The number of ether oxygens (including phenoxy) is 3. The van der Waals surface area contributed by atoms with E-state index in [1.165, 1.54) is 0 Å². The molecule has 0 aliphatic carbocycles. The molecule has 2 aromatic rings. The van der Waals surface area contributed by atoms with Gasteiger partial charge in [0, 0.05) is 5.02 Å². The standard InChI is InChI=1S/C19H19ClN2O5/c1-19(2,27-13-9-7-12(20)8-10-13)18(24)22-21-17(23)16-11-25-14-5-3-4-6-15(14)26-16/h3-10,16H,11H2,1-2H3,(H,21,23)(H,22,24)/t16-/m1/s1. The molecule has 2 aromatic carbocycles. The summed E-state index contributed by atoms with van der Waals surface area (Å²) in [7, 11) is 0. The summed E-state index contributed by atoms with van der Waals surface area (Å²) in [5, 5.41) is 0.563. The topological polar surface area (TPSA) is 85.9 Å². The van der Waals surface area contributed by atoms with Crippen LogP contribution in [0.1, 0.15) is 13.8 Å². The van der Waals surface area contributed by atoms with Crippen LogP contribution in [0.2, 0.25) is 5.02 Å². The molecule has 0 radical (unpaired) electrons. The number of halogens is 1. The maximum absolute atomic E-state index is 12.4. The van der Waals surface area contributed by atoms with Gasteiger partial charge in [-0.1, -0.05) is 23.7 Å². The molecule has 3 rings (SSSR count). The molecule has 1 heterocycles. The van der Waals surface area contributed by atoms with E-state index in [0.717, 1.165) is 0 Å². The van der Waals surface area contributed by atoms with E-state index in [0.29, 0.717) is 22.3 Å². The van der Waals surface area contributed by atoms with E-state index in [4.69, 9.17) is 25.8 Å². The number of carbonyl (C=O) groups excluding carboxylic acids is 2. The van der Waals surface area contributed by atoms with Gasteiger partial charge >= 0.3 is 0 Å². The molecule has 1 atom stereocenters. The highest BCUT2D eigenvalue weighted by molar-refractivity contribution is 6.30. The minimum Gasteiger partial charge on any atom is -0.485 e. The van der Waals surface area contributed by atoms with Gasteiger partial charge in [0.25, 0.3) is 11.8 Å².